The number of benzene rings is 1. The Morgan fingerprint density at radius 3 is 1.92 bits per heavy atom. The Morgan fingerprint density at radius 1 is 1.15 bits per heavy atom. The second-order valence-electron chi connectivity index (χ2n) is 2.75. The average Bonchev–Trinajstić information content (AvgIpc) is 2.16. The standard InChI is InChI=1S/C10H14O3/c1-7(11)10-8(12-2)5-4-6-9(10)13-3/h4-7,11H,1-3H3. The van der Waals surface area contributed by atoms with Crippen LogP contribution < -0.4 is 9.47 Å². The van der Waals surface area contributed by atoms with Gasteiger partial charge >= 0.3 is 0 Å². The summed E-state index contributed by atoms with van der Waals surface area (Å²) in [6, 6.07) is 5.42. The van der Waals surface area contributed by atoms with E-state index in [0.29, 0.717) is 17.1 Å². The molecule has 0 aliphatic rings. The molecule has 0 bridgehead atoms. The van der Waals surface area contributed by atoms with Gasteiger partial charge in [-0.25, -0.2) is 0 Å². The molecular formula is C10H14O3. The van der Waals surface area contributed by atoms with Crippen LogP contribution in [0.4, 0.5) is 0 Å². The number of ether oxygens (including phenoxy) is 2. The maximum atomic E-state index is 9.49. The van der Waals surface area contributed by atoms with Crippen molar-refractivity contribution in [3.8, 4) is 11.5 Å². The largest absolute Gasteiger partial charge is 0.496 e. The average molecular weight is 182 g/mol. The molecule has 72 valence electrons. The van der Waals surface area contributed by atoms with Crippen molar-refractivity contribution in [2.45, 2.75) is 13.0 Å². The SMILES string of the molecule is COc1cccc(OC)c1C(C)O. The van der Waals surface area contributed by atoms with Gasteiger partial charge in [-0.1, -0.05) is 6.07 Å². The molecule has 1 N–H and O–H groups in total. The number of methoxy groups -OCH3 is 2. The molecule has 3 nitrogen and oxygen atoms in total. The van der Waals surface area contributed by atoms with Gasteiger partial charge in [0.05, 0.1) is 25.9 Å². The predicted octanol–water partition coefficient (Wildman–Crippen LogP) is 1.76. The molecular weight excluding hydrogens is 168 g/mol. The molecule has 13 heavy (non-hydrogen) atoms. The first kappa shape index (κ1) is 9.86. The van der Waals surface area contributed by atoms with Gasteiger partial charge in [0.15, 0.2) is 0 Å². The van der Waals surface area contributed by atoms with Crippen LogP contribution in [0, 0.1) is 0 Å². The molecule has 1 aromatic carbocycles. The highest BCUT2D eigenvalue weighted by Gasteiger charge is 2.13. The fourth-order valence-electron chi connectivity index (χ4n) is 1.29. The molecule has 0 aliphatic carbocycles. The van der Waals surface area contributed by atoms with E-state index in [-0.39, 0.29) is 0 Å². The Morgan fingerprint density at radius 2 is 1.62 bits per heavy atom. The molecule has 0 heterocycles. The van der Waals surface area contributed by atoms with Crippen molar-refractivity contribution >= 4 is 0 Å². The molecule has 3 heteroatoms. The van der Waals surface area contributed by atoms with Crippen molar-refractivity contribution in [3.05, 3.63) is 23.8 Å². The smallest absolute Gasteiger partial charge is 0.128 e. The molecule has 0 radical (unpaired) electrons. The summed E-state index contributed by atoms with van der Waals surface area (Å²) in [5, 5.41) is 9.49. The lowest BCUT2D eigenvalue weighted by Gasteiger charge is -2.14. The van der Waals surface area contributed by atoms with Crippen LogP contribution in [-0.4, -0.2) is 19.3 Å². The monoisotopic (exact) mass is 182 g/mol. The first-order valence-corrected chi connectivity index (χ1v) is 4.09. The molecule has 1 unspecified atom stereocenters. The van der Waals surface area contributed by atoms with Crippen molar-refractivity contribution in [1.82, 2.24) is 0 Å². The maximum absolute atomic E-state index is 9.49. The molecule has 0 spiro atoms. The van der Waals surface area contributed by atoms with Crippen LogP contribution in [0.5, 0.6) is 11.5 Å². The lowest BCUT2D eigenvalue weighted by molar-refractivity contribution is 0.189. The van der Waals surface area contributed by atoms with E-state index in [2.05, 4.69) is 0 Å². The van der Waals surface area contributed by atoms with Crippen LogP contribution in [0.25, 0.3) is 0 Å². The van der Waals surface area contributed by atoms with Crippen LogP contribution in [0.2, 0.25) is 0 Å². The van der Waals surface area contributed by atoms with E-state index in [1.807, 2.05) is 6.07 Å². The van der Waals surface area contributed by atoms with Crippen LogP contribution in [-0.2, 0) is 0 Å². The molecule has 0 amide bonds. The van der Waals surface area contributed by atoms with E-state index in [9.17, 15) is 5.11 Å². The fourth-order valence-corrected chi connectivity index (χ4v) is 1.29. The lowest BCUT2D eigenvalue weighted by atomic mass is 10.1. The van der Waals surface area contributed by atoms with Gasteiger partial charge in [-0.15, -0.1) is 0 Å². The minimum absolute atomic E-state index is 0.592. The summed E-state index contributed by atoms with van der Waals surface area (Å²) in [6.45, 7) is 1.68. The van der Waals surface area contributed by atoms with Gasteiger partial charge in [0.1, 0.15) is 11.5 Å². The van der Waals surface area contributed by atoms with Crippen LogP contribution in [0.15, 0.2) is 18.2 Å². The number of hydrogen-bond donors (Lipinski definition) is 1. The Bertz CT molecular complexity index is 259. The minimum Gasteiger partial charge on any atom is -0.496 e. The number of hydrogen-bond acceptors (Lipinski definition) is 3. The van der Waals surface area contributed by atoms with Crippen LogP contribution in [0.1, 0.15) is 18.6 Å². The predicted molar refractivity (Wildman–Crippen MR) is 50.2 cm³/mol. The van der Waals surface area contributed by atoms with Gasteiger partial charge in [-0.05, 0) is 19.1 Å². The normalized spacial score (nSPS) is 12.3. The Kier molecular flexibility index (Phi) is 3.14. The third-order valence-corrected chi connectivity index (χ3v) is 1.88. The molecule has 1 atom stereocenters. The topological polar surface area (TPSA) is 38.7 Å². The van der Waals surface area contributed by atoms with E-state index >= 15 is 0 Å². The molecule has 1 rings (SSSR count). The summed E-state index contributed by atoms with van der Waals surface area (Å²) in [4.78, 5) is 0. The molecule has 0 aromatic heterocycles. The Balaban J connectivity index is 3.21. The van der Waals surface area contributed by atoms with Gasteiger partial charge in [0, 0.05) is 0 Å². The minimum atomic E-state index is -0.592. The third-order valence-electron chi connectivity index (χ3n) is 1.88. The van der Waals surface area contributed by atoms with Gasteiger partial charge in [-0.2, -0.15) is 0 Å². The summed E-state index contributed by atoms with van der Waals surface area (Å²) in [7, 11) is 3.14. The first-order valence-electron chi connectivity index (χ1n) is 4.09. The van der Waals surface area contributed by atoms with E-state index in [1.165, 1.54) is 0 Å². The van der Waals surface area contributed by atoms with Gasteiger partial charge < -0.3 is 14.6 Å². The van der Waals surface area contributed by atoms with Gasteiger partial charge in [0.2, 0.25) is 0 Å². The highest BCUT2D eigenvalue weighted by Crippen LogP contribution is 2.33. The lowest BCUT2D eigenvalue weighted by Crippen LogP contribution is -1.99. The zero-order valence-corrected chi connectivity index (χ0v) is 8.07. The summed E-state index contributed by atoms with van der Waals surface area (Å²) < 4.78 is 10.2. The molecule has 0 saturated carbocycles. The zero-order chi connectivity index (χ0) is 9.84. The third kappa shape index (κ3) is 1.92. The highest BCUT2D eigenvalue weighted by molar-refractivity contribution is 5.45. The summed E-state index contributed by atoms with van der Waals surface area (Å²) in [5.74, 6) is 1.30. The summed E-state index contributed by atoms with van der Waals surface area (Å²) in [5.41, 5.74) is 0.688. The van der Waals surface area contributed by atoms with Crippen LogP contribution >= 0.6 is 0 Å². The molecule has 0 aliphatic heterocycles. The second kappa shape index (κ2) is 4.14. The van der Waals surface area contributed by atoms with E-state index in [4.69, 9.17) is 9.47 Å². The van der Waals surface area contributed by atoms with Crippen molar-refractivity contribution < 1.29 is 14.6 Å². The number of rotatable bonds is 3. The quantitative estimate of drug-likeness (QED) is 0.774. The Hall–Kier alpha value is -1.22. The van der Waals surface area contributed by atoms with Crippen molar-refractivity contribution in [2.24, 2.45) is 0 Å². The molecule has 0 fully saturated rings. The Labute approximate surface area is 77.9 Å². The van der Waals surface area contributed by atoms with E-state index in [1.54, 1.807) is 33.3 Å². The summed E-state index contributed by atoms with van der Waals surface area (Å²) in [6.07, 6.45) is -0.592. The second-order valence-corrected chi connectivity index (χ2v) is 2.75. The summed E-state index contributed by atoms with van der Waals surface area (Å²) >= 11 is 0. The zero-order valence-electron chi connectivity index (χ0n) is 8.07. The van der Waals surface area contributed by atoms with Crippen molar-refractivity contribution in [2.75, 3.05) is 14.2 Å². The van der Waals surface area contributed by atoms with Gasteiger partial charge in [-0.3, -0.25) is 0 Å². The highest BCUT2D eigenvalue weighted by atomic mass is 16.5. The van der Waals surface area contributed by atoms with Crippen LogP contribution in [0.3, 0.4) is 0 Å². The van der Waals surface area contributed by atoms with Crippen molar-refractivity contribution in [3.63, 3.8) is 0 Å². The fraction of sp³-hybridized carbons (Fsp3) is 0.400. The van der Waals surface area contributed by atoms with E-state index < -0.39 is 6.10 Å². The first-order chi connectivity index (χ1) is 6.20. The number of aliphatic hydroxyl groups excluding tert-OH is 1. The molecule has 1 aromatic rings. The van der Waals surface area contributed by atoms with E-state index in [0.717, 1.165) is 0 Å². The van der Waals surface area contributed by atoms with Crippen molar-refractivity contribution in [1.29, 1.82) is 0 Å². The maximum Gasteiger partial charge on any atom is 0.128 e. The molecule has 0 saturated heterocycles. The number of aliphatic hydroxyl groups is 1. The van der Waals surface area contributed by atoms with Gasteiger partial charge in [0.25, 0.3) is 0 Å².